The van der Waals surface area contributed by atoms with Gasteiger partial charge in [-0.05, 0) is 30.5 Å². The van der Waals surface area contributed by atoms with E-state index < -0.39 is 0 Å². The molecule has 3 heteroatoms. The molecule has 2 rings (SSSR count). The van der Waals surface area contributed by atoms with Crippen LogP contribution in [0.5, 0.6) is 11.5 Å². The Balaban J connectivity index is 2.07. The molecule has 0 aliphatic carbocycles. The molecule has 94 valence electrons. The van der Waals surface area contributed by atoms with Crippen LogP contribution >= 0.6 is 11.8 Å². The van der Waals surface area contributed by atoms with E-state index >= 15 is 0 Å². The van der Waals surface area contributed by atoms with Gasteiger partial charge in [0.05, 0.1) is 5.69 Å². The van der Waals surface area contributed by atoms with Crippen LogP contribution in [0.3, 0.4) is 0 Å². The van der Waals surface area contributed by atoms with Crippen molar-refractivity contribution in [2.24, 2.45) is 0 Å². The molecule has 0 aliphatic rings. The average Bonchev–Trinajstić information content (AvgIpc) is 2.42. The van der Waals surface area contributed by atoms with Crippen molar-refractivity contribution < 1.29 is 4.74 Å². The van der Waals surface area contributed by atoms with Gasteiger partial charge >= 0.3 is 0 Å². The van der Waals surface area contributed by atoms with Gasteiger partial charge in [0.25, 0.3) is 0 Å². The summed E-state index contributed by atoms with van der Waals surface area (Å²) in [4.78, 5) is 0. The van der Waals surface area contributed by atoms with Crippen molar-refractivity contribution in [2.75, 3.05) is 23.9 Å². The summed E-state index contributed by atoms with van der Waals surface area (Å²) in [6.45, 7) is 0.941. The predicted molar refractivity (Wildman–Crippen MR) is 79.8 cm³/mol. The highest BCUT2D eigenvalue weighted by molar-refractivity contribution is 7.98. The van der Waals surface area contributed by atoms with Crippen molar-refractivity contribution in [2.45, 2.75) is 0 Å². The number of hydrogen-bond donors (Lipinski definition) is 1. The number of para-hydroxylation sites is 3. The summed E-state index contributed by atoms with van der Waals surface area (Å²) < 4.78 is 5.87. The van der Waals surface area contributed by atoms with E-state index in [-0.39, 0.29) is 0 Å². The van der Waals surface area contributed by atoms with Crippen molar-refractivity contribution in [1.82, 2.24) is 0 Å². The van der Waals surface area contributed by atoms with E-state index in [4.69, 9.17) is 4.74 Å². The summed E-state index contributed by atoms with van der Waals surface area (Å²) >= 11 is 1.83. The third-order valence-corrected chi connectivity index (χ3v) is 3.09. The second kappa shape index (κ2) is 6.97. The summed E-state index contributed by atoms with van der Waals surface area (Å²) in [5.41, 5.74) is 1.04. The smallest absolute Gasteiger partial charge is 0.150 e. The Kier molecular flexibility index (Phi) is 4.97. The minimum absolute atomic E-state index is 0.858. The van der Waals surface area contributed by atoms with Crippen molar-refractivity contribution in [3.05, 3.63) is 54.6 Å². The molecule has 0 unspecified atom stereocenters. The van der Waals surface area contributed by atoms with E-state index in [9.17, 15) is 0 Å². The van der Waals surface area contributed by atoms with Crippen LogP contribution in [-0.4, -0.2) is 18.6 Å². The highest BCUT2D eigenvalue weighted by Crippen LogP contribution is 2.28. The van der Waals surface area contributed by atoms with Gasteiger partial charge in [-0.2, -0.15) is 11.8 Å². The lowest BCUT2D eigenvalue weighted by atomic mass is 10.3. The van der Waals surface area contributed by atoms with Crippen LogP contribution in [0.15, 0.2) is 54.6 Å². The molecule has 2 aromatic rings. The van der Waals surface area contributed by atoms with Gasteiger partial charge in [-0.1, -0.05) is 30.3 Å². The topological polar surface area (TPSA) is 21.3 Å². The zero-order valence-electron chi connectivity index (χ0n) is 10.4. The first-order valence-electron chi connectivity index (χ1n) is 5.95. The third kappa shape index (κ3) is 3.70. The van der Waals surface area contributed by atoms with Crippen LogP contribution in [0.25, 0.3) is 0 Å². The molecule has 1 N–H and O–H groups in total. The van der Waals surface area contributed by atoms with E-state index in [1.54, 1.807) is 0 Å². The van der Waals surface area contributed by atoms with Crippen LogP contribution in [0, 0.1) is 0 Å². The van der Waals surface area contributed by atoms with Crippen LogP contribution in [-0.2, 0) is 0 Å². The van der Waals surface area contributed by atoms with E-state index in [0.29, 0.717) is 0 Å². The standard InChI is InChI=1S/C15H17NOS/c1-18-12-11-16-14-9-5-6-10-15(14)17-13-7-3-2-4-8-13/h2-10,16H,11-12H2,1H3. The Bertz CT molecular complexity index is 473. The fourth-order valence-corrected chi connectivity index (χ4v) is 1.91. The summed E-state index contributed by atoms with van der Waals surface area (Å²) in [7, 11) is 0. The highest BCUT2D eigenvalue weighted by Gasteiger charge is 2.03. The molecule has 0 radical (unpaired) electrons. The zero-order valence-corrected chi connectivity index (χ0v) is 11.2. The number of benzene rings is 2. The number of nitrogens with one attached hydrogen (secondary N) is 1. The minimum Gasteiger partial charge on any atom is -0.455 e. The maximum atomic E-state index is 5.87. The molecule has 0 saturated heterocycles. The highest BCUT2D eigenvalue weighted by atomic mass is 32.2. The molecule has 2 nitrogen and oxygen atoms in total. The number of anilines is 1. The Morgan fingerprint density at radius 1 is 1.00 bits per heavy atom. The average molecular weight is 259 g/mol. The second-order valence-corrected chi connectivity index (χ2v) is 4.82. The Labute approximate surface area is 112 Å². The molecule has 0 saturated carbocycles. The first-order valence-corrected chi connectivity index (χ1v) is 7.34. The molecule has 0 fully saturated rings. The molecule has 0 aromatic heterocycles. The molecule has 18 heavy (non-hydrogen) atoms. The monoisotopic (exact) mass is 259 g/mol. The number of rotatable bonds is 6. The van der Waals surface area contributed by atoms with E-state index in [0.717, 1.165) is 29.5 Å². The van der Waals surface area contributed by atoms with Gasteiger partial charge in [0.2, 0.25) is 0 Å². The largest absolute Gasteiger partial charge is 0.455 e. The van der Waals surface area contributed by atoms with Gasteiger partial charge in [0.1, 0.15) is 5.75 Å². The van der Waals surface area contributed by atoms with Crippen molar-refractivity contribution in [1.29, 1.82) is 0 Å². The summed E-state index contributed by atoms with van der Waals surface area (Å²) in [6, 6.07) is 17.9. The summed E-state index contributed by atoms with van der Waals surface area (Å²) in [5, 5.41) is 3.39. The summed E-state index contributed by atoms with van der Waals surface area (Å²) in [5.74, 6) is 2.81. The van der Waals surface area contributed by atoms with Crippen molar-refractivity contribution in [3.63, 3.8) is 0 Å². The molecule has 0 aliphatic heterocycles. The number of hydrogen-bond acceptors (Lipinski definition) is 3. The van der Waals surface area contributed by atoms with Crippen molar-refractivity contribution in [3.8, 4) is 11.5 Å². The van der Waals surface area contributed by atoms with Gasteiger partial charge in [-0.3, -0.25) is 0 Å². The maximum absolute atomic E-state index is 5.87. The van der Waals surface area contributed by atoms with E-state index in [1.165, 1.54) is 0 Å². The van der Waals surface area contributed by atoms with Crippen LogP contribution < -0.4 is 10.1 Å². The number of thioether (sulfide) groups is 1. The molecule has 0 bridgehead atoms. The lowest BCUT2D eigenvalue weighted by Crippen LogP contribution is -2.04. The van der Waals surface area contributed by atoms with Crippen molar-refractivity contribution >= 4 is 17.4 Å². The Morgan fingerprint density at radius 3 is 2.50 bits per heavy atom. The van der Waals surface area contributed by atoms with E-state index in [2.05, 4.69) is 11.6 Å². The quantitative estimate of drug-likeness (QED) is 0.783. The van der Waals surface area contributed by atoms with Crippen LogP contribution in [0.2, 0.25) is 0 Å². The van der Waals surface area contributed by atoms with Gasteiger partial charge < -0.3 is 10.1 Å². The summed E-state index contributed by atoms with van der Waals surface area (Å²) in [6.07, 6.45) is 2.11. The second-order valence-electron chi connectivity index (χ2n) is 3.83. The molecular formula is C15H17NOS. The molecule has 0 atom stereocenters. The van der Waals surface area contributed by atoms with Gasteiger partial charge in [0, 0.05) is 12.3 Å². The Morgan fingerprint density at radius 2 is 1.72 bits per heavy atom. The third-order valence-electron chi connectivity index (χ3n) is 2.48. The lowest BCUT2D eigenvalue weighted by Gasteiger charge is -2.12. The lowest BCUT2D eigenvalue weighted by molar-refractivity contribution is 0.484. The fourth-order valence-electron chi connectivity index (χ4n) is 1.60. The SMILES string of the molecule is CSCCNc1ccccc1Oc1ccccc1. The zero-order chi connectivity index (χ0) is 12.6. The van der Waals surface area contributed by atoms with Gasteiger partial charge in [0.15, 0.2) is 5.75 Å². The molecular weight excluding hydrogens is 242 g/mol. The van der Waals surface area contributed by atoms with E-state index in [1.807, 2.05) is 66.4 Å². The number of ether oxygens (including phenoxy) is 1. The van der Waals surface area contributed by atoms with Crippen LogP contribution in [0.1, 0.15) is 0 Å². The fraction of sp³-hybridized carbons (Fsp3) is 0.200. The van der Waals surface area contributed by atoms with Gasteiger partial charge in [-0.15, -0.1) is 0 Å². The minimum atomic E-state index is 0.858. The molecule has 2 aromatic carbocycles. The molecule has 0 amide bonds. The first-order chi connectivity index (χ1) is 8.90. The Hall–Kier alpha value is -1.61. The normalized spacial score (nSPS) is 10.1. The first kappa shape index (κ1) is 12.8. The molecule has 0 spiro atoms. The maximum Gasteiger partial charge on any atom is 0.150 e. The predicted octanol–water partition coefficient (Wildman–Crippen LogP) is 4.25. The van der Waals surface area contributed by atoms with Gasteiger partial charge in [-0.25, -0.2) is 0 Å². The molecule has 0 heterocycles. The van der Waals surface area contributed by atoms with Crippen LogP contribution in [0.4, 0.5) is 5.69 Å².